The number of rotatable bonds is 11. The number of methoxy groups -OCH3 is 2. The van der Waals surface area contributed by atoms with E-state index in [-0.39, 0.29) is 33.9 Å². The summed E-state index contributed by atoms with van der Waals surface area (Å²) < 4.78 is 45.1. The van der Waals surface area contributed by atoms with Crippen molar-refractivity contribution < 1.29 is 32.2 Å². The van der Waals surface area contributed by atoms with Crippen LogP contribution in [0.1, 0.15) is 34.3 Å². The molecule has 218 valence electrons. The normalized spacial score (nSPS) is 14.8. The van der Waals surface area contributed by atoms with Gasteiger partial charge in [0.15, 0.2) is 11.5 Å². The minimum Gasteiger partial charge on any atom is -0.493 e. The highest BCUT2D eigenvalue weighted by molar-refractivity contribution is 7.92. The number of hydrogen-bond donors (Lipinski definition) is 2. The molecule has 0 unspecified atom stereocenters. The Bertz CT molecular complexity index is 1500. The number of ether oxygens (including phenoxy) is 3. The lowest BCUT2D eigenvalue weighted by atomic mass is 10.1. The molecule has 1 atom stereocenters. The van der Waals surface area contributed by atoms with Gasteiger partial charge in [0.05, 0.1) is 42.2 Å². The summed E-state index contributed by atoms with van der Waals surface area (Å²) in [6.45, 7) is 4.21. The van der Waals surface area contributed by atoms with Crippen LogP contribution in [0.2, 0.25) is 0 Å². The van der Waals surface area contributed by atoms with E-state index in [1.165, 1.54) is 32.4 Å². The Labute approximate surface area is 240 Å². The molecule has 2 N–H and O–H groups in total. The van der Waals surface area contributed by atoms with Crippen molar-refractivity contribution in [1.29, 1.82) is 0 Å². The predicted octanol–water partition coefficient (Wildman–Crippen LogP) is 4.06. The summed E-state index contributed by atoms with van der Waals surface area (Å²) >= 11 is 0. The highest BCUT2D eigenvalue weighted by atomic mass is 32.2. The molecule has 11 heteroatoms. The van der Waals surface area contributed by atoms with E-state index < -0.39 is 22.5 Å². The minimum atomic E-state index is -4.23. The van der Waals surface area contributed by atoms with Gasteiger partial charge in [-0.3, -0.25) is 13.9 Å². The van der Waals surface area contributed by atoms with Gasteiger partial charge in [-0.15, -0.1) is 0 Å². The van der Waals surface area contributed by atoms with Gasteiger partial charge in [0.1, 0.15) is 6.54 Å². The predicted molar refractivity (Wildman–Crippen MR) is 156 cm³/mol. The number of carbonyl (C=O) groups is 2. The van der Waals surface area contributed by atoms with Crippen LogP contribution in [-0.2, 0) is 19.6 Å². The van der Waals surface area contributed by atoms with Gasteiger partial charge in [-0.2, -0.15) is 0 Å². The van der Waals surface area contributed by atoms with Crippen molar-refractivity contribution in [1.82, 2.24) is 5.32 Å². The second kappa shape index (κ2) is 13.0. The second-order valence-corrected chi connectivity index (χ2v) is 11.7. The van der Waals surface area contributed by atoms with E-state index in [2.05, 4.69) is 10.6 Å². The van der Waals surface area contributed by atoms with Crippen molar-refractivity contribution in [3.63, 3.8) is 0 Å². The number of sulfonamides is 1. The lowest BCUT2D eigenvalue weighted by Gasteiger charge is -2.25. The summed E-state index contributed by atoms with van der Waals surface area (Å²) in [5, 5.41) is 5.59. The maximum absolute atomic E-state index is 14.0. The Morgan fingerprint density at radius 1 is 0.976 bits per heavy atom. The van der Waals surface area contributed by atoms with Crippen molar-refractivity contribution >= 4 is 33.2 Å². The Balaban J connectivity index is 1.62. The van der Waals surface area contributed by atoms with Crippen LogP contribution >= 0.6 is 0 Å². The first-order valence-electron chi connectivity index (χ1n) is 13.2. The first kappa shape index (κ1) is 29.9. The number of hydrogen-bond acceptors (Lipinski definition) is 7. The zero-order valence-corrected chi connectivity index (χ0v) is 24.4. The molecule has 41 heavy (non-hydrogen) atoms. The Morgan fingerprint density at radius 2 is 1.68 bits per heavy atom. The zero-order valence-electron chi connectivity index (χ0n) is 23.6. The first-order chi connectivity index (χ1) is 19.6. The summed E-state index contributed by atoms with van der Waals surface area (Å²) in [7, 11) is -1.36. The number of para-hydroxylation sites is 1. The second-order valence-electron chi connectivity index (χ2n) is 9.81. The molecule has 0 bridgehead atoms. The minimum absolute atomic E-state index is 0.0335. The van der Waals surface area contributed by atoms with Crippen LogP contribution < -0.4 is 24.4 Å². The molecule has 1 aliphatic heterocycles. The average molecular weight is 582 g/mol. The topological polar surface area (TPSA) is 123 Å². The molecule has 1 fully saturated rings. The fourth-order valence-corrected chi connectivity index (χ4v) is 6.15. The maximum Gasteiger partial charge on any atom is 0.264 e. The molecule has 4 rings (SSSR count). The van der Waals surface area contributed by atoms with Crippen LogP contribution in [-0.4, -0.2) is 60.3 Å². The number of benzene rings is 3. The fraction of sp³-hybridized carbons (Fsp3) is 0.333. The fourth-order valence-electron chi connectivity index (χ4n) is 4.73. The lowest BCUT2D eigenvalue weighted by Crippen LogP contribution is -2.38. The monoisotopic (exact) mass is 581 g/mol. The smallest absolute Gasteiger partial charge is 0.264 e. The van der Waals surface area contributed by atoms with E-state index in [9.17, 15) is 18.0 Å². The van der Waals surface area contributed by atoms with Crippen molar-refractivity contribution in [2.24, 2.45) is 0 Å². The van der Waals surface area contributed by atoms with E-state index in [4.69, 9.17) is 14.2 Å². The van der Waals surface area contributed by atoms with Crippen LogP contribution in [0.15, 0.2) is 65.6 Å². The number of aryl methyl sites for hydroxylation is 2. The largest absolute Gasteiger partial charge is 0.493 e. The molecule has 3 aromatic rings. The van der Waals surface area contributed by atoms with Gasteiger partial charge >= 0.3 is 0 Å². The summed E-state index contributed by atoms with van der Waals surface area (Å²) in [6.07, 6.45) is 1.80. The van der Waals surface area contributed by atoms with Gasteiger partial charge in [-0.05, 0) is 74.2 Å². The number of amides is 2. The third kappa shape index (κ3) is 7.17. The third-order valence-electron chi connectivity index (χ3n) is 6.68. The van der Waals surface area contributed by atoms with E-state index in [0.717, 1.165) is 28.3 Å². The Hall–Kier alpha value is -4.09. The van der Waals surface area contributed by atoms with Crippen LogP contribution in [0.25, 0.3) is 0 Å². The molecule has 1 heterocycles. The lowest BCUT2D eigenvalue weighted by molar-refractivity contribution is -0.114. The number of nitrogens with one attached hydrogen (secondary N) is 2. The van der Waals surface area contributed by atoms with Gasteiger partial charge in [0.25, 0.3) is 15.9 Å². The molecule has 0 aromatic heterocycles. The Morgan fingerprint density at radius 3 is 2.34 bits per heavy atom. The molecule has 10 nitrogen and oxygen atoms in total. The highest BCUT2D eigenvalue weighted by Gasteiger charge is 2.29. The highest BCUT2D eigenvalue weighted by Crippen LogP contribution is 2.33. The maximum atomic E-state index is 14.0. The van der Waals surface area contributed by atoms with Crippen molar-refractivity contribution in [3.8, 4) is 11.5 Å². The van der Waals surface area contributed by atoms with Gasteiger partial charge in [-0.25, -0.2) is 8.42 Å². The standard InChI is InChI=1S/C30H35N3O7S/c1-20-14-21(2)16-22(15-20)33(41(36,37)24-11-12-27(38-3)28(17-24)39-4)19-29(34)32-26-10-6-5-9-25(26)30(35)31-18-23-8-7-13-40-23/h5-6,9-12,14-17,23H,7-8,13,18-19H2,1-4H3,(H,31,35)(H,32,34)/t23-/m1/s1. The van der Waals surface area contributed by atoms with Crippen molar-refractivity contribution in [2.45, 2.75) is 37.7 Å². The van der Waals surface area contributed by atoms with Gasteiger partial charge in [0, 0.05) is 19.2 Å². The van der Waals surface area contributed by atoms with Crippen LogP contribution in [0.5, 0.6) is 11.5 Å². The van der Waals surface area contributed by atoms with E-state index in [0.29, 0.717) is 24.6 Å². The van der Waals surface area contributed by atoms with Crippen molar-refractivity contribution in [2.75, 3.05) is 43.5 Å². The van der Waals surface area contributed by atoms with E-state index in [1.807, 2.05) is 19.9 Å². The third-order valence-corrected chi connectivity index (χ3v) is 8.45. The number of nitrogens with zero attached hydrogens (tertiary/aromatic N) is 1. The molecule has 1 aliphatic rings. The van der Waals surface area contributed by atoms with E-state index >= 15 is 0 Å². The average Bonchev–Trinajstić information content (AvgIpc) is 3.47. The molecule has 2 amide bonds. The summed E-state index contributed by atoms with van der Waals surface area (Å²) in [6, 6.07) is 16.1. The molecular formula is C30H35N3O7S. The molecule has 1 saturated heterocycles. The van der Waals surface area contributed by atoms with Crippen LogP contribution in [0, 0.1) is 13.8 Å². The first-order valence-corrected chi connectivity index (χ1v) is 14.7. The van der Waals surface area contributed by atoms with Crippen LogP contribution in [0.3, 0.4) is 0 Å². The molecule has 0 spiro atoms. The van der Waals surface area contributed by atoms with Gasteiger partial charge < -0.3 is 24.8 Å². The van der Waals surface area contributed by atoms with Gasteiger partial charge in [0.2, 0.25) is 5.91 Å². The summed E-state index contributed by atoms with van der Waals surface area (Å²) in [5.41, 5.74) is 2.53. The Kier molecular flexibility index (Phi) is 9.51. The SMILES string of the molecule is COc1ccc(S(=O)(=O)N(CC(=O)Nc2ccccc2C(=O)NC[C@H]2CCCO2)c2cc(C)cc(C)c2)cc1OC. The summed E-state index contributed by atoms with van der Waals surface area (Å²) in [4.78, 5) is 26.3. The quantitative estimate of drug-likeness (QED) is 0.350. The van der Waals surface area contributed by atoms with Gasteiger partial charge in [-0.1, -0.05) is 18.2 Å². The van der Waals surface area contributed by atoms with E-state index in [1.54, 1.807) is 36.4 Å². The molecule has 3 aromatic carbocycles. The molecular weight excluding hydrogens is 546 g/mol. The number of carbonyl (C=O) groups excluding carboxylic acids is 2. The molecule has 0 aliphatic carbocycles. The molecule has 0 saturated carbocycles. The number of anilines is 2. The van der Waals surface area contributed by atoms with Crippen molar-refractivity contribution in [3.05, 3.63) is 77.4 Å². The molecule has 0 radical (unpaired) electrons. The van der Waals surface area contributed by atoms with Crippen LogP contribution in [0.4, 0.5) is 11.4 Å². The zero-order chi connectivity index (χ0) is 29.6. The summed E-state index contributed by atoms with van der Waals surface area (Å²) in [5.74, 6) is -0.369.